The zero-order valence-corrected chi connectivity index (χ0v) is 16.1. The van der Waals surface area contributed by atoms with Crippen LogP contribution in [-0.2, 0) is 0 Å². The zero-order chi connectivity index (χ0) is 20.1. The molecule has 0 unspecified atom stereocenters. The highest BCUT2D eigenvalue weighted by Crippen LogP contribution is 2.24. The molecule has 2 heterocycles. The molecular formula is C22H24N6O. The summed E-state index contributed by atoms with van der Waals surface area (Å²) in [6.45, 7) is 4.08. The van der Waals surface area contributed by atoms with Crippen molar-refractivity contribution in [2.24, 2.45) is 5.73 Å². The Bertz CT molecular complexity index is 983. The van der Waals surface area contributed by atoms with Crippen molar-refractivity contribution in [3.63, 3.8) is 0 Å². The maximum absolute atomic E-state index is 11.6. The van der Waals surface area contributed by atoms with Crippen LogP contribution < -0.4 is 26.6 Å². The van der Waals surface area contributed by atoms with Gasteiger partial charge in [0.2, 0.25) is 0 Å². The summed E-state index contributed by atoms with van der Waals surface area (Å²) in [6, 6.07) is 19.3. The minimum atomic E-state index is -0.468. The van der Waals surface area contributed by atoms with Gasteiger partial charge in [0, 0.05) is 55.5 Å². The van der Waals surface area contributed by atoms with Gasteiger partial charge in [-0.05, 0) is 42.5 Å². The van der Waals surface area contributed by atoms with E-state index in [0.29, 0.717) is 17.1 Å². The molecule has 1 fully saturated rings. The number of nitrogens with zero attached hydrogens (tertiary/aromatic N) is 2. The van der Waals surface area contributed by atoms with Crippen LogP contribution in [0.5, 0.6) is 0 Å². The number of rotatable bonds is 6. The number of piperazine rings is 1. The normalized spacial score (nSPS) is 13.7. The summed E-state index contributed by atoms with van der Waals surface area (Å²) in [5.41, 5.74) is 9.57. The Morgan fingerprint density at radius 3 is 2.48 bits per heavy atom. The van der Waals surface area contributed by atoms with Gasteiger partial charge < -0.3 is 26.6 Å². The maximum atomic E-state index is 11.6. The smallest absolute Gasteiger partial charge is 0.250 e. The number of carbonyl (C=O) groups excluding carboxylic acids is 1. The first-order chi connectivity index (χ1) is 14.2. The number of nitrogens with one attached hydrogen (secondary N) is 3. The van der Waals surface area contributed by atoms with E-state index in [1.165, 1.54) is 5.69 Å². The standard InChI is InChI=1S/C22H24N6O/c23-22(29)19-3-1-2-4-20(19)26-17-9-10-25-21(15-17)27-16-5-7-18(8-6-16)28-13-11-24-12-14-28/h1-10,15,24H,11-14H2,(H2,23,29)(H2,25,26,27). The second kappa shape index (κ2) is 8.62. The molecule has 148 valence electrons. The van der Waals surface area contributed by atoms with Crippen LogP contribution in [0.2, 0.25) is 0 Å². The number of hydrogen-bond donors (Lipinski definition) is 4. The summed E-state index contributed by atoms with van der Waals surface area (Å²) in [5.74, 6) is 0.242. The van der Waals surface area contributed by atoms with Crippen molar-refractivity contribution < 1.29 is 4.79 Å². The lowest BCUT2D eigenvalue weighted by Gasteiger charge is -2.29. The third kappa shape index (κ3) is 4.64. The van der Waals surface area contributed by atoms with Gasteiger partial charge in [0.1, 0.15) is 5.82 Å². The number of primary amides is 1. The second-order valence-corrected chi connectivity index (χ2v) is 6.87. The highest BCUT2D eigenvalue weighted by Gasteiger charge is 2.10. The number of amides is 1. The van der Waals surface area contributed by atoms with E-state index in [0.717, 1.165) is 37.6 Å². The van der Waals surface area contributed by atoms with E-state index >= 15 is 0 Å². The molecule has 4 rings (SSSR count). The Hall–Kier alpha value is -3.58. The molecule has 1 saturated heterocycles. The summed E-state index contributed by atoms with van der Waals surface area (Å²) < 4.78 is 0. The molecule has 7 nitrogen and oxygen atoms in total. The van der Waals surface area contributed by atoms with E-state index < -0.39 is 5.91 Å². The van der Waals surface area contributed by atoms with Crippen molar-refractivity contribution in [3.8, 4) is 0 Å². The number of pyridine rings is 1. The van der Waals surface area contributed by atoms with Gasteiger partial charge in [-0.25, -0.2) is 4.98 Å². The summed E-state index contributed by atoms with van der Waals surface area (Å²) in [4.78, 5) is 18.4. The highest BCUT2D eigenvalue weighted by atomic mass is 16.1. The molecule has 7 heteroatoms. The largest absolute Gasteiger partial charge is 0.369 e. The number of anilines is 5. The fraction of sp³-hybridized carbons (Fsp3) is 0.182. The van der Waals surface area contributed by atoms with Crippen LogP contribution in [0.1, 0.15) is 10.4 Å². The third-order valence-corrected chi connectivity index (χ3v) is 4.85. The third-order valence-electron chi connectivity index (χ3n) is 4.85. The first kappa shape index (κ1) is 18.8. The molecular weight excluding hydrogens is 364 g/mol. The molecule has 1 amide bonds. The van der Waals surface area contributed by atoms with E-state index in [2.05, 4.69) is 50.1 Å². The number of aromatic nitrogens is 1. The number of carbonyl (C=O) groups is 1. The van der Waals surface area contributed by atoms with Gasteiger partial charge in [-0.15, -0.1) is 0 Å². The average Bonchev–Trinajstić information content (AvgIpc) is 2.75. The van der Waals surface area contributed by atoms with Gasteiger partial charge in [-0.3, -0.25) is 4.79 Å². The van der Waals surface area contributed by atoms with Crippen LogP contribution in [0.4, 0.5) is 28.6 Å². The van der Waals surface area contributed by atoms with E-state index in [4.69, 9.17) is 5.73 Å². The number of hydrogen-bond acceptors (Lipinski definition) is 6. The van der Waals surface area contributed by atoms with Gasteiger partial charge >= 0.3 is 0 Å². The first-order valence-corrected chi connectivity index (χ1v) is 9.64. The second-order valence-electron chi connectivity index (χ2n) is 6.87. The minimum Gasteiger partial charge on any atom is -0.369 e. The molecule has 0 aliphatic carbocycles. The fourth-order valence-corrected chi connectivity index (χ4v) is 3.37. The Morgan fingerprint density at radius 1 is 0.966 bits per heavy atom. The predicted octanol–water partition coefficient (Wildman–Crippen LogP) is 3.08. The van der Waals surface area contributed by atoms with E-state index in [-0.39, 0.29) is 0 Å². The fourth-order valence-electron chi connectivity index (χ4n) is 3.37. The number of benzene rings is 2. The molecule has 0 spiro atoms. The van der Waals surface area contributed by atoms with Crippen molar-refractivity contribution in [1.29, 1.82) is 0 Å². The highest BCUT2D eigenvalue weighted by molar-refractivity contribution is 5.99. The summed E-state index contributed by atoms with van der Waals surface area (Å²) in [6.07, 6.45) is 1.71. The van der Waals surface area contributed by atoms with Gasteiger partial charge in [0.25, 0.3) is 5.91 Å². The topological polar surface area (TPSA) is 95.3 Å². The first-order valence-electron chi connectivity index (χ1n) is 9.64. The van der Waals surface area contributed by atoms with Crippen molar-refractivity contribution in [1.82, 2.24) is 10.3 Å². The van der Waals surface area contributed by atoms with Crippen molar-refractivity contribution in [2.75, 3.05) is 41.7 Å². The van der Waals surface area contributed by atoms with Crippen molar-refractivity contribution in [3.05, 3.63) is 72.4 Å². The van der Waals surface area contributed by atoms with Crippen molar-refractivity contribution >= 4 is 34.5 Å². The lowest BCUT2D eigenvalue weighted by molar-refractivity contribution is 0.100. The van der Waals surface area contributed by atoms with E-state index in [1.807, 2.05) is 24.3 Å². The molecule has 1 aliphatic heterocycles. The molecule has 3 aromatic rings. The molecule has 29 heavy (non-hydrogen) atoms. The molecule has 5 N–H and O–H groups in total. The molecule has 0 atom stereocenters. The number of para-hydroxylation sites is 1. The molecule has 0 saturated carbocycles. The Morgan fingerprint density at radius 2 is 1.72 bits per heavy atom. The average molecular weight is 388 g/mol. The minimum absolute atomic E-state index is 0.447. The molecule has 2 aromatic carbocycles. The summed E-state index contributed by atoms with van der Waals surface area (Å²) in [7, 11) is 0. The van der Waals surface area contributed by atoms with Crippen LogP contribution >= 0.6 is 0 Å². The van der Waals surface area contributed by atoms with Crippen LogP contribution in [0, 0.1) is 0 Å². The maximum Gasteiger partial charge on any atom is 0.250 e. The Labute approximate surface area is 169 Å². The van der Waals surface area contributed by atoms with E-state index in [1.54, 1.807) is 18.3 Å². The van der Waals surface area contributed by atoms with Gasteiger partial charge in [-0.1, -0.05) is 12.1 Å². The molecule has 1 aromatic heterocycles. The summed E-state index contributed by atoms with van der Waals surface area (Å²) >= 11 is 0. The number of nitrogens with two attached hydrogens (primary N) is 1. The quantitative estimate of drug-likeness (QED) is 0.518. The van der Waals surface area contributed by atoms with Crippen LogP contribution in [0.15, 0.2) is 66.9 Å². The monoisotopic (exact) mass is 388 g/mol. The predicted molar refractivity (Wildman–Crippen MR) is 117 cm³/mol. The van der Waals surface area contributed by atoms with Gasteiger partial charge in [-0.2, -0.15) is 0 Å². The lowest BCUT2D eigenvalue weighted by atomic mass is 10.1. The van der Waals surface area contributed by atoms with E-state index in [9.17, 15) is 4.79 Å². The van der Waals surface area contributed by atoms with Gasteiger partial charge in [0.05, 0.1) is 11.3 Å². The van der Waals surface area contributed by atoms with Gasteiger partial charge in [0.15, 0.2) is 0 Å². The lowest BCUT2D eigenvalue weighted by Crippen LogP contribution is -2.43. The van der Waals surface area contributed by atoms with Crippen LogP contribution in [-0.4, -0.2) is 37.1 Å². The Balaban J connectivity index is 1.46. The molecule has 0 bridgehead atoms. The molecule has 1 aliphatic rings. The van der Waals surface area contributed by atoms with Crippen molar-refractivity contribution in [2.45, 2.75) is 0 Å². The van der Waals surface area contributed by atoms with Crippen LogP contribution in [0.25, 0.3) is 0 Å². The summed E-state index contributed by atoms with van der Waals surface area (Å²) in [5, 5.41) is 9.93. The Kier molecular flexibility index (Phi) is 5.58. The zero-order valence-electron chi connectivity index (χ0n) is 16.1. The van der Waals surface area contributed by atoms with Crippen LogP contribution in [0.3, 0.4) is 0 Å². The molecule has 0 radical (unpaired) electrons. The SMILES string of the molecule is NC(=O)c1ccccc1Nc1ccnc(Nc2ccc(N3CCNCC3)cc2)c1.